The van der Waals surface area contributed by atoms with Crippen molar-refractivity contribution in [2.24, 2.45) is 11.3 Å². The largest absolute Gasteiger partial charge is 0.497 e. The van der Waals surface area contributed by atoms with Crippen LogP contribution >= 0.6 is 11.3 Å². The highest BCUT2D eigenvalue weighted by molar-refractivity contribution is 7.91. The van der Waals surface area contributed by atoms with Crippen molar-refractivity contribution in [3.8, 4) is 5.75 Å². The van der Waals surface area contributed by atoms with Crippen molar-refractivity contribution in [3.05, 3.63) is 45.8 Å². The van der Waals surface area contributed by atoms with Crippen LogP contribution in [0.15, 0.2) is 24.3 Å². The maximum Gasteiger partial charge on any atom is 0.254 e. The smallest absolute Gasteiger partial charge is 0.254 e. The van der Waals surface area contributed by atoms with Gasteiger partial charge in [0.2, 0.25) is 5.91 Å². The Morgan fingerprint density at radius 2 is 1.86 bits per heavy atom. The van der Waals surface area contributed by atoms with Gasteiger partial charge < -0.3 is 15.4 Å². The number of thiophene rings is 1. The van der Waals surface area contributed by atoms with Gasteiger partial charge in [-0.1, -0.05) is 32.9 Å². The third-order valence-corrected chi connectivity index (χ3v) is 10.00. The summed E-state index contributed by atoms with van der Waals surface area (Å²) in [5.41, 5.74) is 2.50. The maximum atomic E-state index is 13.4. The van der Waals surface area contributed by atoms with Gasteiger partial charge in [-0.2, -0.15) is 0 Å². The fourth-order valence-electron chi connectivity index (χ4n) is 4.92. The molecule has 0 bridgehead atoms. The van der Waals surface area contributed by atoms with Crippen LogP contribution in [0.5, 0.6) is 5.75 Å². The van der Waals surface area contributed by atoms with Crippen LogP contribution in [0.2, 0.25) is 0 Å². The monoisotopic (exact) mass is 518 g/mol. The van der Waals surface area contributed by atoms with Crippen LogP contribution < -0.4 is 15.4 Å². The van der Waals surface area contributed by atoms with E-state index in [0.29, 0.717) is 22.9 Å². The molecule has 2 heterocycles. The molecular formula is C26H34N2O5S2. The Kier molecular flexibility index (Phi) is 7.29. The van der Waals surface area contributed by atoms with Gasteiger partial charge in [-0.05, 0) is 60.3 Å². The minimum Gasteiger partial charge on any atom is -0.497 e. The van der Waals surface area contributed by atoms with Crippen LogP contribution in [0.1, 0.15) is 60.0 Å². The molecule has 9 heteroatoms. The van der Waals surface area contributed by atoms with Crippen LogP contribution in [0, 0.1) is 11.3 Å². The molecule has 4 rings (SSSR count). The molecule has 7 nitrogen and oxygen atoms in total. The van der Waals surface area contributed by atoms with Crippen LogP contribution in [0.25, 0.3) is 0 Å². The van der Waals surface area contributed by atoms with Crippen molar-refractivity contribution in [2.75, 3.05) is 23.9 Å². The molecular weight excluding hydrogens is 484 g/mol. The van der Waals surface area contributed by atoms with E-state index < -0.39 is 15.9 Å². The zero-order chi connectivity index (χ0) is 25.4. The number of hydrogen-bond donors (Lipinski definition) is 2. The van der Waals surface area contributed by atoms with Crippen molar-refractivity contribution in [3.63, 3.8) is 0 Å². The lowest BCUT2D eigenvalue weighted by molar-refractivity contribution is -0.115. The molecule has 2 aliphatic rings. The van der Waals surface area contributed by atoms with E-state index in [-0.39, 0.29) is 35.2 Å². The molecule has 0 spiro atoms. The molecule has 1 aliphatic carbocycles. The van der Waals surface area contributed by atoms with Gasteiger partial charge in [-0.3, -0.25) is 9.59 Å². The number of nitrogens with one attached hydrogen (secondary N) is 2. The number of fused-ring (bicyclic) bond motifs is 1. The molecule has 2 unspecified atom stereocenters. The summed E-state index contributed by atoms with van der Waals surface area (Å²) in [6.45, 7) is 6.71. The second-order valence-corrected chi connectivity index (χ2v) is 14.0. The van der Waals surface area contributed by atoms with Crippen molar-refractivity contribution in [1.29, 1.82) is 0 Å². The normalized spacial score (nSPS) is 21.3. The number of hydrogen-bond acceptors (Lipinski definition) is 6. The third-order valence-electron chi connectivity index (χ3n) is 7.06. The molecule has 1 saturated heterocycles. The highest BCUT2D eigenvalue weighted by Gasteiger charge is 2.36. The van der Waals surface area contributed by atoms with Crippen molar-refractivity contribution in [1.82, 2.24) is 5.32 Å². The van der Waals surface area contributed by atoms with E-state index >= 15 is 0 Å². The van der Waals surface area contributed by atoms with E-state index in [1.54, 1.807) is 7.11 Å². The van der Waals surface area contributed by atoms with E-state index in [4.69, 9.17) is 4.74 Å². The molecule has 35 heavy (non-hydrogen) atoms. The molecule has 2 N–H and O–H groups in total. The van der Waals surface area contributed by atoms with Crippen LogP contribution in [-0.2, 0) is 33.9 Å². The summed E-state index contributed by atoms with van der Waals surface area (Å²) in [4.78, 5) is 27.5. The summed E-state index contributed by atoms with van der Waals surface area (Å²) in [6, 6.07) is 6.93. The zero-order valence-corrected chi connectivity index (χ0v) is 22.4. The number of ether oxygens (including phenoxy) is 1. The topological polar surface area (TPSA) is 102 Å². The van der Waals surface area contributed by atoms with Crippen LogP contribution in [0.4, 0.5) is 5.00 Å². The molecule has 1 aromatic heterocycles. The van der Waals surface area contributed by atoms with Gasteiger partial charge in [0.15, 0.2) is 9.84 Å². The minimum absolute atomic E-state index is 0.0314. The summed E-state index contributed by atoms with van der Waals surface area (Å²) >= 11 is 1.48. The number of amides is 2. The number of anilines is 1. The predicted octanol–water partition coefficient (Wildman–Crippen LogP) is 4.01. The fraction of sp³-hybridized carbons (Fsp3) is 0.538. The Morgan fingerprint density at radius 3 is 2.46 bits per heavy atom. The van der Waals surface area contributed by atoms with Crippen molar-refractivity contribution in [2.45, 2.75) is 58.9 Å². The van der Waals surface area contributed by atoms with E-state index in [1.807, 2.05) is 24.3 Å². The Balaban J connectivity index is 1.57. The number of rotatable bonds is 6. The van der Waals surface area contributed by atoms with Gasteiger partial charge in [0.1, 0.15) is 10.8 Å². The van der Waals surface area contributed by atoms with E-state index in [2.05, 4.69) is 31.4 Å². The van der Waals surface area contributed by atoms with Crippen molar-refractivity contribution >= 4 is 38.0 Å². The van der Waals surface area contributed by atoms with E-state index in [1.165, 1.54) is 11.3 Å². The van der Waals surface area contributed by atoms with Gasteiger partial charge in [-0.15, -0.1) is 11.3 Å². The summed E-state index contributed by atoms with van der Waals surface area (Å²) in [5.74, 6) is 0.792. The van der Waals surface area contributed by atoms with Crippen molar-refractivity contribution < 1.29 is 22.7 Å². The van der Waals surface area contributed by atoms with E-state index in [9.17, 15) is 18.0 Å². The third kappa shape index (κ3) is 6.06. The van der Waals surface area contributed by atoms with Crippen LogP contribution in [-0.4, -0.2) is 44.9 Å². The molecule has 1 fully saturated rings. The summed E-state index contributed by atoms with van der Waals surface area (Å²) in [6.07, 6.45) is 3.22. The average molecular weight is 519 g/mol. The summed E-state index contributed by atoms with van der Waals surface area (Å²) in [5, 5.41) is 6.47. The first kappa shape index (κ1) is 25.7. The highest BCUT2D eigenvalue weighted by atomic mass is 32.2. The van der Waals surface area contributed by atoms with Crippen LogP contribution in [0.3, 0.4) is 0 Å². The lowest BCUT2D eigenvalue weighted by Gasteiger charge is -2.33. The van der Waals surface area contributed by atoms with Gasteiger partial charge in [0.25, 0.3) is 5.91 Å². The Hall–Kier alpha value is -2.39. The minimum atomic E-state index is -3.11. The first-order valence-electron chi connectivity index (χ1n) is 12.0. The SMILES string of the molecule is COc1ccc(CC(=O)Nc2sc3c(c2C(=O)NC2CCS(=O)(=O)C2)CCC(C(C)(C)C)C3)cc1. The lowest BCUT2D eigenvalue weighted by atomic mass is 9.72. The van der Waals surface area contributed by atoms with Gasteiger partial charge in [0.05, 0.1) is 30.6 Å². The van der Waals surface area contributed by atoms with Gasteiger partial charge in [0, 0.05) is 10.9 Å². The lowest BCUT2D eigenvalue weighted by Crippen LogP contribution is -2.36. The number of methoxy groups -OCH3 is 1. The number of benzene rings is 1. The summed E-state index contributed by atoms with van der Waals surface area (Å²) < 4.78 is 28.9. The fourth-order valence-corrected chi connectivity index (χ4v) is 7.93. The quantitative estimate of drug-likeness (QED) is 0.602. The Bertz CT molecular complexity index is 1210. The Morgan fingerprint density at radius 1 is 1.14 bits per heavy atom. The first-order valence-corrected chi connectivity index (χ1v) is 14.7. The molecule has 2 atom stereocenters. The van der Waals surface area contributed by atoms with E-state index in [0.717, 1.165) is 41.0 Å². The molecule has 0 radical (unpaired) electrons. The number of carbonyl (C=O) groups is 2. The standard InChI is InChI=1S/C26H34N2O5S2/c1-26(2,3)17-7-10-20-21(14-17)34-25(23(20)24(30)27-18-11-12-35(31,32)15-18)28-22(29)13-16-5-8-19(33-4)9-6-16/h5-6,8-9,17-18H,7,10-15H2,1-4H3,(H,27,30)(H,28,29). The molecule has 2 amide bonds. The predicted molar refractivity (Wildman–Crippen MR) is 139 cm³/mol. The maximum absolute atomic E-state index is 13.4. The number of carbonyl (C=O) groups excluding carboxylic acids is 2. The molecule has 1 aromatic carbocycles. The molecule has 1 aliphatic heterocycles. The van der Waals surface area contributed by atoms with Gasteiger partial charge in [-0.25, -0.2) is 8.42 Å². The second-order valence-electron chi connectivity index (χ2n) is 10.7. The first-order chi connectivity index (χ1) is 16.4. The molecule has 2 aromatic rings. The molecule has 0 saturated carbocycles. The number of sulfone groups is 1. The average Bonchev–Trinajstić information content (AvgIpc) is 3.31. The highest BCUT2D eigenvalue weighted by Crippen LogP contribution is 2.44. The van der Waals surface area contributed by atoms with Gasteiger partial charge >= 0.3 is 0 Å². The molecule has 190 valence electrons. The Labute approximate surface area is 211 Å². The second kappa shape index (κ2) is 9.93. The summed E-state index contributed by atoms with van der Waals surface area (Å²) in [7, 11) is -1.52. The zero-order valence-electron chi connectivity index (χ0n) is 20.8.